The van der Waals surface area contributed by atoms with E-state index in [0.717, 1.165) is 18.2 Å². The number of benzene rings is 1. The van der Waals surface area contributed by atoms with Crippen LogP contribution in [0.5, 0.6) is 0 Å². The van der Waals surface area contributed by atoms with Crippen molar-refractivity contribution in [3.05, 3.63) is 29.8 Å². The summed E-state index contributed by atoms with van der Waals surface area (Å²) < 4.78 is 5.31. The van der Waals surface area contributed by atoms with Gasteiger partial charge in [-0.05, 0) is 42.5 Å². The monoisotopic (exact) mass is 232 g/mol. The fourth-order valence-corrected chi connectivity index (χ4v) is 1.85. The first-order chi connectivity index (χ1) is 8.06. The summed E-state index contributed by atoms with van der Waals surface area (Å²) in [6.07, 6.45) is 2.19. The van der Waals surface area contributed by atoms with Crippen molar-refractivity contribution in [1.29, 1.82) is 0 Å². The Balaban J connectivity index is 2.24. The molecule has 4 heteroatoms. The fourth-order valence-electron chi connectivity index (χ4n) is 1.85. The molecule has 0 bridgehead atoms. The van der Waals surface area contributed by atoms with Crippen molar-refractivity contribution in [2.24, 2.45) is 5.92 Å². The fraction of sp³-hybridized carbons (Fsp3) is 0.385. The van der Waals surface area contributed by atoms with Crippen LogP contribution in [0.15, 0.2) is 28.7 Å². The molecule has 2 rings (SSSR count). The third kappa shape index (κ3) is 2.90. The van der Waals surface area contributed by atoms with Crippen LogP contribution in [0, 0.1) is 5.92 Å². The topological polar surface area (TPSA) is 53.6 Å². The second-order valence-electron chi connectivity index (χ2n) is 4.83. The molecule has 0 spiro atoms. The highest BCUT2D eigenvalue weighted by Crippen LogP contribution is 2.18. The third-order valence-electron chi connectivity index (χ3n) is 2.86. The first-order valence-corrected chi connectivity index (χ1v) is 5.95. The van der Waals surface area contributed by atoms with Crippen molar-refractivity contribution in [3.63, 3.8) is 0 Å². The predicted molar refractivity (Wildman–Crippen MR) is 69.2 cm³/mol. The van der Waals surface area contributed by atoms with Crippen molar-refractivity contribution in [3.8, 4) is 0 Å². The molecule has 17 heavy (non-hydrogen) atoms. The molecule has 1 aromatic carbocycles. The molecule has 3 nitrogen and oxygen atoms in total. The molecule has 0 saturated carbocycles. The summed E-state index contributed by atoms with van der Waals surface area (Å²) in [5.74, 6) is 0.685. The largest absolute Gasteiger partial charge is 0.526 e. The maximum absolute atomic E-state index is 9.03. The molecule has 0 aliphatic heterocycles. The van der Waals surface area contributed by atoms with E-state index in [1.807, 2.05) is 18.2 Å². The van der Waals surface area contributed by atoms with E-state index in [9.17, 15) is 0 Å². The summed E-state index contributed by atoms with van der Waals surface area (Å²) in [7, 11) is -1.54. The summed E-state index contributed by atoms with van der Waals surface area (Å²) in [6.45, 7) is 4.41. The van der Waals surface area contributed by atoms with Crippen molar-refractivity contribution >= 4 is 23.7 Å². The van der Waals surface area contributed by atoms with Crippen LogP contribution in [0.3, 0.4) is 0 Å². The van der Waals surface area contributed by atoms with Gasteiger partial charge in [-0.15, -0.1) is 0 Å². The Bertz CT molecular complexity index is 502. The minimum Gasteiger partial charge on any atom is -0.465 e. The van der Waals surface area contributed by atoms with Crippen LogP contribution in [-0.4, -0.2) is 17.2 Å². The van der Waals surface area contributed by atoms with Gasteiger partial charge >= 0.3 is 7.12 Å². The molecule has 0 amide bonds. The highest BCUT2D eigenvalue weighted by Gasteiger charge is 2.16. The van der Waals surface area contributed by atoms with E-state index in [1.165, 1.54) is 5.56 Å². The third-order valence-corrected chi connectivity index (χ3v) is 2.86. The quantitative estimate of drug-likeness (QED) is 0.789. The molecule has 0 atom stereocenters. The Labute approximate surface area is 101 Å². The summed E-state index contributed by atoms with van der Waals surface area (Å²) in [5, 5.41) is 19.0. The normalized spacial score (nSPS) is 11.4. The standard InChI is InChI=1S/C13H17BO3/c1-9(2)3-4-10-5-6-12-11(7-10)8-13(17-12)14(15)16/h5-9,15-16H,3-4H2,1-2H3. The zero-order valence-electron chi connectivity index (χ0n) is 10.2. The lowest BCUT2D eigenvalue weighted by atomic mass is 9.88. The van der Waals surface area contributed by atoms with Crippen LogP contribution in [0.25, 0.3) is 11.0 Å². The number of fused-ring (bicyclic) bond motifs is 1. The number of rotatable bonds is 4. The Morgan fingerprint density at radius 1 is 1.24 bits per heavy atom. The smallest absolute Gasteiger partial charge is 0.465 e. The molecule has 0 radical (unpaired) electrons. The average Bonchev–Trinajstić information content (AvgIpc) is 2.69. The van der Waals surface area contributed by atoms with Gasteiger partial charge in [0.1, 0.15) is 11.2 Å². The second-order valence-corrected chi connectivity index (χ2v) is 4.83. The zero-order valence-corrected chi connectivity index (χ0v) is 10.2. The van der Waals surface area contributed by atoms with Crippen LogP contribution in [0.4, 0.5) is 0 Å². The molecule has 0 saturated heterocycles. The SMILES string of the molecule is CC(C)CCc1ccc2oc(B(O)O)cc2c1. The first kappa shape index (κ1) is 12.2. The molecule has 1 aromatic heterocycles. The second kappa shape index (κ2) is 4.94. The van der Waals surface area contributed by atoms with Gasteiger partial charge < -0.3 is 14.5 Å². The predicted octanol–water partition coefficient (Wildman–Crippen LogP) is 1.70. The van der Waals surface area contributed by atoms with E-state index >= 15 is 0 Å². The highest BCUT2D eigenvalue weighted by molar-refractivity contribution is 6.57. The molecule has 2 aromatic rings. The highest BCUT2D eigenvalue weighted by atomic mass is 16.4. The molecule has 0 unspecified atom stereocenters. The molecular weight excluding hydrogens is 215 g/mol. The van der Waals surface area contributed by atoms with Gasteiger partial charge in [0.2, 0.25) is 0 Å². The lowest BCUT2D eigenvalue weighted by Gasteiger charge is -2.04. The average molecular weight is 232 g/mol. The molecular formula is C13H17BO3. The van der Waals surface area contributed by atoms with E-state index in [2.05, 4.69) is 13.8 Å². The van der Waals surface area contributed by atoms with E-state index < -0.39 is 7.12 Å². The van der Waals surface area contributed by atoms with Crippen LogP contribution in [0.1, 0.15) is 25.8 Å². The van der Waals surface area contributed by atoms with Crippen molar-refractivity contribution < 1.29 is 14.5 Å². The van der Waals surface area contributed by atoms with Gasteiger partial charge in [-0.1, -0.05) is 19.9 Å². The van der Waals surface area contributed by atoms with Gasteiger partial charge in [-0.2, -0.15) is 0 Å². The van der Waals surface area contributed by atoms with E-state index in [-0.39, 0.29) is 5.66 Å². The van der Waals surface area contributed by atoms with Crippen molar-refractivity contribution in [1.82, 2.24) is 0 Å². The van der Waals surface area contributed by atoms with Crippen molar-refractivity contribution in [2.75, 3.05) is 0 Å². The van der Waals surface area contributed by atoms with Crippen LogP contribution in [0.2, 0.25) is 0 Å². The van der Waals surface area contributed by atoms with Crippen LogP contribution in [-0.2, 0) is 6.42 Å². The lowest BCUT2D eigenvalue weighted by Crippen LogP contribution is -2.27. The number of hydrogen-bond donors (Lipinski definition) is 2. The van der Waals surface area contributed by atoms with Gasteiger partial charge in [-0.25, -0.2) is 0 Å². The van der Waals surface area contributed by atoms with Crippen LogP contribution < -0.4 is 5.66 Å². The number of furan rings is 1. The maximum atomic E-state index is 9.03. The van der Waals surface area contributed by atoms with E-state index in [4.69, 9.17) is 14.5 Å². The molecule has 0 fully saturated rings. The van der Waals surface area contributed by atoms with Gasteiger partial charge in [0.15, 0.2) is 0 Å². The Kier molecular flexibility index (Phi) is 3.55. The molecule has 2 N–H and O–H groups in total. The summed E-state index contributed by atoms with van der Waals surface area (Å²) >= 11 is 0. The van der Waals surface area contributed by atoms with Gasteiger partial charge in [0.25, 0.3) is 0 Å². The molecule has 1 heterocycles. The first-order valence-electron chi connectivity index (χ1n) is 5.95. The lowest BCUT2D eigenvalue weighted by molar-refractivity contribution is 0.412. The van der Waals surface area contributed by atoms with E-state index in [0.29, 0.717) is 11.5 Å². The van der Waals surface area contributed by atoms with Crippen molar-refractivity contribution in [2.45, 2.75) is 26.7 Å². The minimum absolute atomic E-state index is 0.195. The summed E-state index contributed by atoms with van der Waals surface area (Å²) in [5.41, 5.74) is 2.15. The summed E-state index contributed by atoms with van der Waals surface area (Å²) in [4.78, 5) is 0. The van der Waals surface area contributed by atoms with Gasteiger partial charge in [0.05, 0.1) is 0 Å². The Hall–Kier alpha value is -1.26. The molecule has 90 valence electrons. The minimum atomic E-state index is -1.54. The van der Waals surface area contributed by atoms with Gasteiger partial charge in [-0.3, -0.25) is 0 Å². The molecule has 0 aliphatic carbocycles. The van der Waals surface area contributed by atoms with Gasteiger partial charge in [0, 0.05) is 5.39 Å². The van der Waals surface area contributed by atoms with Crippen LogP contribution >= 0.6 is 0 Å². The maximum Gasteiger partial charge on any atom is 0.526 e. The Morgan fingerprint density at radius 2 is 2.00 bits per heavy atom. The summed E-state index contributed by atoms with van der Waals surface area (Å²) in [6, 6.07) is 7.64. The molecule has 0 aliphatic rings. The zero-order chi connectivity index (χ0) is 12.4. The number of hydrogen-bond acceptors (Lipinski definition) is 3. The Morgan fingerprint density at radius 3 is 2.65 bits per heavy atom. The van der Waals surface area contributed by atoms with E-state index in [1.54, 1.807) is 6.07 Å². The number of aryl methyl sites for hydroxylation is 1.